The minimum atomic E-state index is 0.585. The van der Waals surface area contributed by atoms with Crippen molar-refractivity contribution in [3.8, 4) is 5.69 Å². The average molecular weight is 164 g/mol. The van der Waals surface area contributed by atoms with E-state index in [1.165, 1.54) is 5.56 Å². The predicted octanol–water partition coefficient (Wildman–Crippen LogP) is 2.52. The second-order valence-electron chi connectivity index (χ2n) is 3.22. The van der Waals surface area contributed by atoms with E-state index in [0.717, 1.165) is 5.69 Å². The topological polar surface area (TPSA) is 33.9 Å². The van der Waals surface area contributed by atoms with E-state index in [0.29, 0.717) is 5.92 Å². The van der Waals surface area contributed by atoms with Gasteiger partial charge in [-0.15, -0.1) is 0 Å². The smallest absolute Gasteiger partial charge is 0.105 e. The maximum Gasteiger partial charge on any atom is 0.105 e. The summed E-state index contributed by atoms with van der Waals surface area (Å²) in [5.41, 5.74) is 2.39. The molecular weight excluding hydrogens is 152 g/mol. The fourth-order valence-electron chi connectivity index (χ4n) is 1.12. The zero-order valence-corrected chi connectivity index (χ0v) is 7.24. The molecule has 1 N–H and O–H groups in total. The Morgan fingerprint density at radius 1 is 1.25 bits per heavy atom. The zero-order chi connectivity index (χ0) is 8.55. The highest BCUT2D eigenvalue weighted by Crippen LogP contribution is 2.16. The second-order valence-corrected chi connectivity index (χ2v) is 3.22. The first kappa shape index (κ1) is 7.28. The summed E-state index contributed by atoms with van der Waals surface area (Å²) in [7, 11) is 0. The first-order valence-electron chi connectivity index (χ1n) is 4.10. The van der Waals surface area contributed by atoms with E-state index in [4.69, 9.17) is 4.63 Å². The molecule has 0 aliphatic rings. The molecule has 3 heteroatoms. The van der Waals surface area contributed by atoms with Crippen molar-refractivity contribution in [3.05, 3.63) is 29.8 Å². The van der Waals surface area contributed by atoms with Crippen molar-refractivity contribution in [1.82, 2.24) is 10.1 Å². The van der Waals surface area contributed by atoms with Gasteiger partial charge < -0.3 is 0 Å². The molecule has 0 amide bonds. The number of hydrogen-bond donors (Lipinski definition) is 1. The van der Waals surface area contributed by atoms with Crippen LogP contribution in [-0.2, 0) is 0 Å². The molecule has 0 atom stereocenters. The van der Waals surface area contributed by atoms with E-state index < -0.39 is 0 Å². The standard InChI is InChI=1S/C9H12N2O/c1-7(2)8-3-5-9(6-4-8)11-10-12-11/h3-7,10H,1-2H3. The predicted molar refractivity (Wildman–Crippen MR) is 46.5 cm³/mol. The lowest BCUT2D eigenvalue weighted by Crippen LogP contribution is -1.88. The van der Waals surface area contributed by atoms with Crippen LogP contribution < -0.4 is 0 Å². The summed E-state index contributed by atoms with van der Waals surface area (Å²) in [5, 5.41) is 2.63. The van der Waals surface area contributed by atoms with E-state index in [2.05, 4.69) is 31.3 Å². The third-order valence-electron chi connectivity index (χ3n) is 1.98. The molecule has 12 heavy (non-hydrogen) atoms. The third kappa shape index (κ3) is 1.30. The van der Waals surface area contributed by atoms with Gasteiger partial charge in [0.2, 0.25) is 0 Å². The van der Waals surface area contributed by atoms with Crippen molar-refractivity contribution >= 4 is 0 Å². The first-order chi connectivity index (χ1) is 5.77. The van der Waals surface area contributed by atoms with Crippen molar-refractivity contribution in [1.29, 1.82) is 0 Å². The van der Waals surface area contributed by atoms with Gasteiger partial charge in [-0.25, -0.2) is 0 Å². The fraction of sp³-hybridized carbons (Fsp3) is 0.333. The summed E-state index contributed by atoms with van der Waals surface area (Å²) >= 11 is 0. The summed E-state index contributed by atoms with van der Waals surface area (Å²) in [5.74, 6) is 0.585. The quantitative estimate of drug-likeness (QED) is 0.727. The summed E-state index contributed by atoms with van der Waals surface area (Å²) in [4.78, 5) is 1.62. The van der Waals surface area contributed by atoms with Crippen LogP contribution >= 0.6 is 0 Å². The Morgan fingerprint density at radius 2 is 1.83 bits per heavy atom. The molecule has 0 unspecified atom stereocenters. The maximum absolute atomic E-state index is 4.78. The van der Waals surface area contributed by atoms with Gasteiger partial charge in [0.05, 0.1) is 0 Å². The van der Waals surface area contributed by atoms with Crippen LogP contribution in [0.25, 0.3) is 5.69 Å². The molecule has 0 saturated carbocycles. The van der Waals surface area contributed by atoms with Crippen molar-refractivity contribution in [2.75, 3.05) is 0 Å². The zero-order valence-electron chi connectivity index (χ0n) is 7.24. The molecule has 0 radical (unpaired) electrons. The van der Waals surface area contributed by atoms with Crippen LogP contribution in [0.2, 0.25) is 0 Å². The Morgan fingerprint density at radius 3 is 2.25 bits per heavy atom. The van der Waals surface area contributed by atoms with Gasteiger partial charge in [0.25, 0.3) is 0 Å². The minimum Gasteiger partial charge on any atom is -0.252 e. The highest BCUT2D eigenvalue weighted by atomic mass is 16.7. The molecule has 0 fully saturated rings. The number of H-pyrrole nitrogens is 1. The molecule has 0 aliphatic heterocycles. The highest BCUT2D eigenvalue weighted by molar-refractivity contribution is 5.33. The molecule has 0 bridgehead atoms. The van der Waals surface area contributed by atoms with E-state index >= 15 is 0 Å². The average Bonchev–Trinajstić information content (AvgIpc) is 2.87. The van der Waals surface area contributed by atoms with Gasteiger partial charge in [-0.05, 0) is 23.6 Å². The van der Waals surface area contributed by atoms with E-state index in [-0.39, 0.29) is 0 Å². The molecule has 0 spiro atoms. The molecule has 64 valence electrons. The van der Waals surface area contributed by atoms with Crippen molar-refractivity contribution in [2.45, 2.75) is 19.8 Å². The lowest BCUT2D eigenvalue weighted by molar-refractivity contribution is 0.501. The van der Waals surface area contributed by atoms with E-state index in [1.54, 1.807) is 4.85 Å². The van der Waals surface area contributed by atoms with Gasteiger partial charge in [-0.1, -0.05) is 36.1 Å². The lowest BCUT2D eigenvalue weighted by atomic mass is 10.0. The third-order valence-corrected chi connectivity index (χ3v) is 1.98. The van der Waals surface area contributed by atoms with Gasteiger partial charge in [-0.3, -0.25) is 4.63 Å². The molecule has 1 aromatic carbocycles. The number of rotatable bonds is 2. The second kappa shape index (κ2) is 2.59. The monoisotopic (exact) mass is 164 g/mol. The Bertz CT molecular complexity index is 328. The van der Waals surface area contributed by atoms with E-state index in [9.17, 15) is 0 Å². The number of nitrogens with zero attached hydrogens (tertiary/aromatic N) is 1. The van der Waals surface area contributed by atoms with E-state index in [1.807, 2.05) is 12.1 Å². The van der Waals surface area contributed by atoms with Crippen molar-refractivity contribution in [2.24, 2.45) is 0 Å². The number of aromatic amines is 1. The lowest BCUT2D eigenvalue weighted by Gasteiger charge is -2.03. The fourth-order valence-corrected chi connectivity index (χ4v) is 1.12. The van der Waals surface area contributed by atoms with Crippen LogP contribution in [0.15, 0.2) is 28.9 Å². The van der Waals surface area contributed by atoms with Crippen LogP contribution in [0, 0.1) is 0 Å². The largest absolute Gasteiger partial charge is 0.252 e. The number of benzene rings is 1. The number of nitrogens with one attached hydrogen (secondary N) is 1. The normalized spacial score (nSPS) is 11.2. The van der Waals surface area contributed by atoms with Crippen LogP contribution in [0.1, 0.15) is 25.3 Å². The van der Waals surface area contributed by atoms with Crippen LogP contribution in [0.4, 0.5) is 0 Å². The van der Waals surface area contributed by atoms with Crippen LogP contribution in [0.5, 0.6) is 0 Å². The summed E-state index contributed by atoms with van der Waals surface area (Å²) in [6, 6.07) is 8.30. The number of aromatic nitrogens is 2. The Hall–Kier alpha value is -1.38. The molecule has 2 aromatic rings. The molecule has 3 nitrogen and oxygen atoms in total. The van der Waals surface area contributed by atoms with Gasteiger partial charge in [-0.2, -0.15) is 0 Å². The SMILES string of the molecule is CC(C)c1ccc(-n2[nH]o2)cc1. The molecule has 0 saturated heterocycles. The van der Waals surface area contributed by atoms with Gasteiger partial charge in [0.1, 0.15) is 5.69 Å². The number of hydrogen-bond acceptors (Lipinski definition) is 1. The Kier molecular flexibility index (Phi) is 1.57. The maximum atomic E-state index is 4.78. The Labute approximate surface area is 70.9 Å². The van der Waals surface area contributed by atoms with Gasteiger partial charge in [0.15, 0.2) is 0 Å². The minimum absolute atomic E-state index is 0.585. The Balaban J connectivity index is 2.27. The first-order valence-corrected chi connectivity index (χ1v) is 4.10. The summed E-state index contributed by atoms with van der Waals surface area (Å²) in [6.07, 6.45) is 0. The van der Waals surface area contributed by atoms with Crippen molar-refractivity contribution < 1.29 is 4.63 Å². The molecule has 0 aliphatic carbocycles. The van der Waals surface area contributed by atoms with Crippen LogP contribution in [-0.4, -0.2) is 10.1 Å². The van der Waals surface area contributed by atoms with Crippen LogP contribution in [0.3, 0.4) is 0 Å². The molecular formula is C9H12N2O. The molecule has 2 rings (SSSR count). The van der Waals surface area contributed by atoms with Gasteiger partial charge >= 0.3 is 0 Å². The highest BCUT2D eigenvalue weighted by Gasteiger charge is 2.03. The van der Waals surface area contributed by atoms with Crippen molar-refractivity contribution in [3.63, 3.8) is 0 Å². The molecule has 1 aromatic heterocycles. The van der Waals surface area contributed by atoms with Gasteiger partial charge in [0, 0.05) is 0 Å². The summed E-state index contributed by atoms with van der Waals surface area (Å²) in [6.45, 7) is 4.36. The molecule has 1 heterocycles. The summed E-state index contributed by atoms with van der Waals surface area (Å²) < 4.78 is 4.78.